The minimum atomic E-state index is 0.117. The van der Waals surface area contributed by atoms with E-state index in [1.165, 1.54) is 0 Å². The zero-order valence-corrected chi connectivity index (χ0v) is 12.2. The van der Waals surface area contributed by atoms with Gasteiger partial charge in [-0.3, -0.25) is 4.79 Å². The highest BCUT2D eigenvalue weighted by Gasteiger charge is 2.21. The molecule has 1 aromatic rings. The van der Waals surface area contributed by atoms with Gasteiger partial charge in [-0.15, -0.1) is 0 Å². The quantitative estimate of drug-likeness (QED) is 0.792. The lowest BCUT2D eigenvalue weighted by Gasteiger charge is -2.22. The molecule has 1 amide bonds. The molecule has 0 unspecified atom stereocenters. The summed E-state index contributed by atoms with van der Waals surface area (Å²) < 4.78 is 0.970. The predicted molar refractivity (Wildman–Crippen MR) is 78.4 cm³/mol. The van der Waals surface area contributed by atoms with Crippen LogP contribution < -0.4 is 10.6 Å². The molecule has 1 aliphatic rings. The molecule has 92 valence electrons. The van der Waals surface area contributed by atoms with Crippen molar-refractivity contribution in [2.75, 3.05) is 18.4 Å². The number of hydrogen-bond donors (Lipinski definition) is 2. The first-order valence-electron chi connectivity index (χ1n) is 5.63. The van der Waals surface area contributed by atoms with E-state index in [1.54, 1.807) is 6.07 Å². The van der Waals surface area contributed by atoms with Crippen LogP contribution in [0.2, 0.25) is 5.02 Å². The van der Waals surface area contributed by atoms with Crippen molar-refractivity contribution >= 4 is 45.8 Å². The number of carbonyl (C=O) groups is 1. The highest BCUT2D eigenvalue weighted by atomic mass is 127. The Morgan fingerprint density at radius 1 is 1.41 bits per heavy atom. The lowest BCUT2D eigenvalue weighted by atomic mass is 9.97. The molecule has 1 heterocycles. The average Bonchev–Trinajstić information content (AvgIpc) is 2.34. The van der Waals surface area contributed by atoms with Gasteiger partial charge in [0.25, 0.3) is 0 Å². The smallest absolute Gasteiger partial charge is 0.227 e. The maximum Gasteiger partial charge on any atom is 0.227 e. The Morgan fingerprint density at radius 3 is 2.76 bits per heavy atom. The molecular formula is C12H14ClIN2O. The predicted octanol–water partition coefficient (Wildman–Crippen LogP) is 2.88. The highest BCUT2D eigenvalue weighted by molar-refractivity contribution is 14.1. The summed E-state index contributed by atoms with van der Waals surface area (Å²) >= 11 is 8.06. The molecule has 0 aliphatic carbocycles. The van der Waals surface area contributed by atoms with Crippen molar-refractivity contribution < 1.29 is 4.79 Å². The van der Waals surface area contributed by atoms with Crippen LogP contribution in [-0.4, -0.2) is 19.0 Å². The van der Waals surface area contributed by atoms with E-state index in [9.17, 15) is 4.79 Å². The summed E-state index contributed by atoms with van der Waals surface area (Å²) in [6, 6.07) is 5.49. The third-order valence-corrected chi connectivity index (χ3v) is 4.03. The van der Waals surface area contributed by atoms with E-state index in [2.05, 4.69) is 33.2 Å². The number of halogens is 2. The second-order valence-electron chi connectivity index (χ2n) is 4.14. The van der Waals surface area contributed by atoms with E-state index in [0.29, 0.717) is 5.02 Å². The van der Waals surface area contributed by atoms with Crippen LogP contribution in [0, 0.1) is 9.49 Å². The molecule has 0 radical (unpaired) electrons. The molecule has 0 saturated carbocycles. The lowest BCUT2D eigenvalue weighted by Crippen LogP contribution is -2.34. The Bertz CT molecular complexity index is 419. The fourth-order valence-corrected chi connectivity index (χ4v) is 2.92. The number of anilines is 1. The van der Waals surface area contributed by atoms with Gasteiger partial charge in [-0.05, 0) is 66.7 Å². The van der Waals surface area contributed by atoms with Crippen molar-refractivity contribution in [1.29, 1.82) is 0 Å². The summed E-state index contributed by atoms with van der Waals surface area (Å²) in [4.78, 5) is 12.0. The van der Waals surface area contributed by atoms with Gasteiger partial charge in [0, 0.05) is 14.5 Å². The standard InChI is InChI=1S/C12H14ClIN2O/c13-9-1-2-11(10(14)7-9)16-12(17)8-3-5-15-6-4-8/h1-2,7-8,15H,3-6H2,(H,16,17). The van der Waals surface area contributed by atoms with Gasteiger partial charge in [0.1, 0.15) is 0 Å². The van der Waals surface area contributed by atoms with E-state index < -0.39 is 0 Å². The molecule has 2 rings (SSSR count). The average molecular weight is 365 g/mol. The fraction of sp³-hybridized carbons (Fsp3) is 0.417. The van der Waals surface area contributed by atoms with E-state index >= 15 is 0 Å². The second-order valence-corrected chi connectivity index (χ2v) is 5.74. The number of nitrogens with one attached hydrogen (secondary N) is 2. The number of benzene rings is 1. The Balaban J connectivity index is 2.02. The monoisotopic (exact) mass is 364 g/mol. The molecule has 1 fully saturated rings. The third kappa shape index (κ3) is 3.56. The first kappa shape index (κ1) is 13.1. The minimum Gasteiger partial charge on any atom is -0.325 e. The van der Waals surface area contributed by atoms with E-state index in [1.807, 2.05) is 12.1 Å². The Kier molecular flexibility index (Phi) is 4.64. The molecule has 1 aromatic carbocycles. The zero-order chi connectivity index (χ0) is 12.3. The van der Waals surface area contributed by atoms with Crippen LogP contribution in [0.3, 0.4) is 0 Å². The van der Waals surface area contributed by atoms with E-state index in [4.69, 9.17) is 11.6 Å². The molecule has 2 N–H and O–H groups in total. The summed E-state index contributed by atoms with van der Waals surface area (Å²) in [5, 5.41) is 6.92. The van der Waals surface area contributed by atoms with Crippen molar-refractivity contribution in [3.05, 3.63) is 26.8 Å². The lowest BCUT2D eigenvalue weighted by molar-refractivity contribution is -0.120. The van der Waals surface area contributed by atoms with E-state index in [-0.39, 0.29) is 11.8 Å². The second kappa shape index (κ2) is 6.02. The van der Waals surface area contributed by atoms with Gasteiger partial charge in [0.2, 0.25) is 5.91 Å². The Hall–Kier alpha value is -0.330. The fourth-order valence-electron chi connectivity index (χ4n) is 1.91. The van der Waals surface area contributed by atoms with Crippen molar-refractivity contribution in [2.45, 2.75) is 12.8 Å². The summed E-state index contributed by atoms with van der Waals surface area (Å²) in [5.74, 6) is 0.245. The molecule has 1 saturated heterocycles. The molecule has 0 bridgehead atoms. The molecule has 0 spiro atoms. The Morgan fingerprint density at radius 2 is 2.12 bits per heavy atom. The van der Waals surface area contributed by atoms with Gasteiger partial charge in [-0.1, -0.05) is 11.6 Å². The summed E-state index contributed by atoms with van der Waals surface area (Å²) in [7, 11) is 0. The number of rotatable bonds is 2. The van der Waals surface area contributed by atoms with Crippen LogP contribution in [0.1, 0.15) is 12.8 Å². The first-order valence-corrected chi connectivity index (χ1v) is 7.09. The largest absolute Gasteiger partial charge is 0.325 e. The summed E-state index contributed by atoms with van der Waals surface area (Å²) in [6.07, 6.45) is 1.83. The van der Waals surface area contributed by atoms with Crippen LogP contribution in [0.4, 0.5) is 5.69 Å². The highest BCUT2D eigenvalue weighted by Crippen LogP contribution is 2.23. The van der Waals surface area contributed by atoms with Crippen LogP contribution in [-0.2, 0) is 4.79 Å². The van der Waals surface area contributed by atoms with Gasteiger partial charge in [-0.25, -0.2) is 0 Å². The van der Waals surface area contributed by atoms with Gasteiger partial charge in [0.05, 0.1) is 5.69 Å². The number of hydrogen-bond acceptors (Lipinski definition) is 2. The van der Waals surface area contributed by atoms with Gasteiger partial charge in [-0.2, -0.15) is 0 Å². The van der Waals surface area contributed by atoms with Gasteiger partial charge >= 0.3 is 0 Å². The molecule has 0 aromatic heterocycles. The summed E-state index contributed by atoms with van der Waals surface area (Å²) in [5.41, 5.74) is 0.846. The molecule has 0 atom stereocenters. The van der Waals surface area contributed by atoms with Crippen molar-refractivity contribution in [3.63, 3.8) is 0 Å². The number of amides is 1. The minimum absolute atomic E-state index is 0.117. The van der Waals surface area contributed by atoms with Gasteiger partial charge in [0.15, 0.2) is 0 Å². The van der Waals surface area contributed by atoms with Crippen LogP contribution >= 0.6 is 34.2 Å². The van der Waals surface area contributed by atoms with Crippen LogP contribution in [0.5, 0.6) is 0 Å². The summed E-state index contributed by atoms with van der Waals surface area (Å²) in [6.45, 7) is 1.85. The third-order valence-electron chi connectivity index (χ3n) is 2.90. The maximum absolute atomic E-state index is 12.0. The van der Waals surface area contributed by atoms with Crippen molar-refractivity contribution in [3.8, 4) is 0 Å². The zero-order valence-electron chi connectivity index (χ0n) is 9.30. The molecule has 5 heteroatoms. The van der Waals surface area contributed by atoms with Crippen LogP contribution in [0.25, 0.3) is 0 Å². The Labute approximate surface area is 119 Å². The maximum atomic E-state index is 12.0. The molecular weight excluding hydrogens is 351 g/mol. The SMILES string of the molecule is O=C(Nc1ccc(Cl)cc1I)C1CCNCC1. The van der Waals surface area contributed by atoms with Crippen molar-refractivity contribution in [2.24, 2.45) is 5.92 Å². The normalized spacial score (nSPS) is 16.8. The molecule has 3 nitrogen and oxygen atoms in total. The molecule has 17 heavy (non-hydrogen) atoms. The molecule has 1 aliphatic heterocycles. The van der Waals surface area contributed by atoms with Crippen molar-refractivity contribution in [1.82, 2.24) is 5.32 Å². The number of piperidine rings is 1. The van der Waals surface area contributed by atoms with Crippen LogP contribution in [0.15, 0.2) is 18.2 Å². The first-order chi connectivity index (χ1) is 8.16. The van der Waals surface area contributed by atoms with E-state index in [0.717, 1.165) is 35.2 Å². The van der Waals surface area contributed by atoms with Gasteiger partial charge < -0.3 is 10.6 Å². The number of carbonyl (C=O) groups excluding carboxylic acids is 1. The topological polar surface area (TPSA) is 41.1 Å².